The second kappa shape index (κ2) is 9.27. The molecule has 4 aromatic rings. The number of nitrogens with zero attached hydrogens (tertiary/aromatic N) is 4. The lowest BCUT2D eigenvalue weighted by atomic mass is 10.2. The van der Waals surface area contributed by atoms with Gasteiger partial charge in [-0.05, 0) is 54.1 Å². The van der Waals surface area contributed by atoms with Crippen molar-refractivity contribution in [1.29, 1.82) is 0 Å². The zero-order valence-electron chi connectivity index (χ0n) is 17.7. The van der Waals surface area contributed by atoms with Crippen molar-refractivity contribution in [2.45, 2.75) is 20.0 Å². The summed E-state index contributed by atoms with van der Waals surface area (Å²) in [5.74, 6) is -0.655. The van der Waals surface area contributed by atoms with Crippen molar-refractivity contribution in [3.8, 4) is 0 Å². The number of benzene rings is 1. The SMILES string of the molecule is CC(=O)Nc1ccc(NC(=O)Cn2c(=O)n(Cc3ccncc3)c(=O)c3ncccc32)cc1. The number of rotatable bonds is 6. The number of hydrogen-bond acceptors (Lipinski definition) is 6. The average Bonchev–Trinajstić information content (AvgIpc) is 2.81. The molecule has 0 radical (unpaired) electrons. The van der Waals surface area contributed by atoms with Gasteiger partial charge in [0.25, 0.3) is 5.56 Å². The van der Waals surface area contributed by atoms with Crippen LogP contribution in [0.1, 0.15) is 12.5 Å². The van der Waals surface area contributed by atoms with Gasteiger partial charge in [0.05, 0.1) is 12.1 Å². The van der Waals surface area contributed by atoms with E-state index in [0.29, 0.717) is 11.4 Å². The largest absolute Gasteiger partial charge is 0.332 e. The molecular weight excluding hydrogens is 424 g/mol. The number of nitrogens with one attached hydrogen (secondary N) is 2. The average molecular weight is 444 g/mol. The van der Waals surface area contributed by atoms with Crippen LogP contribution in [0, 0.1) is 0 Å². The molecule has 2 N–H and O–H groups in total. The first-order valence-corrected chi connectivity index (χ1v) is 10.1. The third-order valence-corrected chi connectivity index (χ3v) is 4.87. The maximum absolute atomic E-state index is 13.2. The molecule has 0 fully saturated rings. The minimum absolute atomic E-state index is 0.0267. The molecule has 0 saturated carbocycles. The van der Waals surface area contributed by atoms with Crippen molar-refractivity contribution in [2.24, 2.45) is 0 Å². The fraction of sp³-hybridized carbons (Fsp3) is 0.130. The molecule has 4 rings (SSSR count). The Labute approximate surface area is 187 Å². The Hall–Kier alpha value is -4.60. The van der Waals surface area contributed by atoms with Crippen molar-refractivity contribution in [3.05, 3.63) is 93.5 Å². The van der Waals surface area contributed by atoms with E-state index in [1.165, 1.54) is 17.7 Å². The first-order chi connectivity index (χ1) is 15.9. The minimum Gasteiger partial charge on any atom is -0.326 e. The second-order valence-corrected chi connectivity index (χ2v) is 7.29. The van der Waals surface area contributed by atoms with Crippen LogP contribution < -0.4 is 21.9 Å². The molecule has 0 aliphatic rings. The third-order valence-electron chi connectivity index (χ3n) is 4.87. The zero-order valence-corrected chi connectivity index (χ0v) is 17.7. The molecule has 33 heavy (non-hydrogen) atoms. The topological polar surface area (TPSA) is 128 Å². The summed E-state index contributed by atoms with van der Waals surface area (Å²) in [6.07, 6.45) is 4.61. The van der Waals surface area contributed by atoms with Crippen molar-refractivity contribution in [2.75, 3.05) is 10.6 Å². The lowest BCUT2D eigenvalue weighted by Crippen LogP contribution is -2.42. The fourth-order valence-corrected chi connectivity index (χ4v) is 3.39. The molecule has 0 atom stereocenters. The molecule has 3 aromatic heterocycles. The van der Waals surface area contributed by atoms with E-state index in [1.54, 1.807) is 60.9 Å². The molecule has 166 valence electrons. The quantitative estimate of drug-likeness (QED) is 0.465. The van der Waals surface area contributed by atoms with Crippen LogP contribution in [-0.2, 0) is 22.7 Å². The second-order valence-electron chi connectivity index (χ2n) is 7.29. The Morgan fingerprint density at radius 2 is 1.55 bits per heavy atom. The van der Waals surface area contributed by atoms with Crippen LogP contribution >= 0.6 is 0 Å². The predicted octanol–water partition coefficient (Wildman–Crippen LogP) is 1.60. The Morgan fingerprint density at radius 1 is 0.879 bits per heavy atom. The lowest BCUT2D eigenvalue weighted by Gasteiger charge is -2.14. The highest BCUT2D eigenvalue weighted by atomic mass is 16.2. The summed E-state index contributed by atoms with van der Waals surface area (Å²) in [7, 11) is 0. The maximum Gasteiger partial charge on any atom is 0.332 e. The highest BCUT2D eigenvalue weighted by Crippen LogP contribution is 2.14. The molecule has 0 bridgehead atoms. The van der Waals surface area contributed by atoms with Crippen LogP contribution in [0.15, 0.2) is 76.7 Å². The molecule has 10 heteroatoms. The van der Waals surface area contributed by atoms with Crippen LogP contribution in [0.25, 0.3) is 11.0 Å². The number of pyridine rings is 2. The van der Waals surface area contributed by atoms with Crippen molar-refractivity contribution >= 4 is 34.2 Å². The van der Waals surface area contributed by atoms with Crippen LogP contribution in [0.3, 0.4) is 0 Å². The smallest absolute Gasteiger partial charge is 0.326 e. The van der Waals surface area contributed by atoms with Crippen LogP contribution in [0.4, 0.5) is 11.4 Å². The van der Waals surface area contributed by atoms with E-state index in [4.69, 9.17) is 0 Å². The highest BCUT2D eigenvalue weighted by molar-refractivity contribution is 5.92. The van der Waals surface area contributed by atoms with Gasteiger partial charge in [0.15, 0.2) is 5.52 Å². The first kappa shape index (κ1) is 21.6. The van der Waals surface area contributed by atoms with E-state index in [0.717, 1.165) is 10.1 Å². The molecule has 10 nitrogen and oxygen atoms in total. The van der Waals surface area contributed by atoms with Gasteiger partial charge < -0.3 is 10.6 Å². The van der Waals surface area contributed by atoms with Gasteiger partial charge in [-0.3, -0.25) is 28.5 Å². The van der Waals surface area contributed by atoms with E-state index in [-0.39, 0.29) is 30.0 Å². The van der Waals surface area contributed by atoms with Gasteiger partial charge in [0.1, 0.15) is 6.54 Å². The molecule has 0 spiro atoms. The summed E-state index contributed by atoms with van der Waals surface area (Å²) in [5, 5.41) is 5.36. The van der Waals surface area contributed by atoms with Gasteiger partial charge in [0, 0.05) is 36.9 Å². The van der Waals surface area contributed by atoms with E-state index in [9.17, 15) is 19.2 Å². The number of amides is 2. The third kappa shape index (κ3) is 4.85. The molecule has 0 unspecified atom stereocenters. The Kier molecular flexibility index (Phi) is 6.07. The first-order valence-electron chi connectivity index (χ1n) is 10.1. The summed E-state index contributed by atoms with van der Waals surface area (Å²) in [5.41, 5.74) is 1.03. The van der Waals surface area contributed by atoms with E-state index < -0.39 is 17.2 Å². The summed E-state index contributed by atoms with van der Waals surface area (Å²) < 4.78 is 2.28. The molecule has 1 aromatic carbocycles. The number of anilines is 2. The van der Waals surface area contributed by atoms with E-state index in [2.05, 4.69) is 20.6 Å². The number of hydrogen-bond donors (Lipinski definition) is 2. The normalized spacial score (nSPS) is 10.7. The van der Waals surface area contributed by atoms with Crippen molar-refractivity contribution in [3.63, 3.8) is 0 Å². The molecule has 0 aliphatic carbocycles. The molecule has 0 saturated heterocycles. The summed E-state index contributed by atoms with van der Waals surface area (Å²) in [6.45, 7) is 1.12. The zero-order chi connectivity index (χ0) is 23.4. The fourth-order valence-electron chi connectivity index (χ4n) is 3.39. The van der Waals surface area contributed by atoms with Gasteiger partial charge >= 0.3 is 5.69 Å². The van der Waals surface area contributed by atoms with E-state index in [1.807, 2.05) is 0 Å². The highest BCUT2D eigenvalue weighted by Gasteiger charge is 2.16. The summed E-state index contributed by atoms with van der Waals surface area (Å²) >= 11 is 0. The van der Waals surface area contributed by atoms with Gasteiger partial charge in [-0.15, -0.1) is 0 Å². The van der Waals surface area contributed by atoms with Crippen molar-refractivity contribution in [1.82, 2.24) is 19.1 Å². The minimum atomic E-state index is -0.617. The number of fused-ring (bicyclic) bond motifs is 1. The molecule has 0 aliphatic heterocycles. The summed E-state index contributed by atoms with van der Waals surface area (Å²) in [4.78, 5) is 58.1. The molecule has 2 amide bonds. The van der Waals surface area contributed by atoms with Crippen LogP contribution in [0.2, 0.25) is 0 Å². The monoisotopic (exact) mass is 444 g/mol. The van der Waals surface area contributed by atoms with E-state index >= 15 is 0 Å². The van der Waals surface area contributed by atoms with Crippen LogP contribution in [0.5, 0.6) is 0 Å². The van der Waals surface area contributed by atoms with Crippen molar-refractivity contribution < 1.29 is 9.59 Å². The van der Waals surface area contributed by atoms with Gasteiger partial charge in [-0.2, -0.15) is 0 Å². The Morgan fingerprint density at radius 3 is 2.21 bits per heavy atom. The Bertz CT molecular complexity index is 1440. The van der Waals surface area contributed by atoms with Gasteiger partial charge in [0.2, 0.25) is 11.8 Å². The summed E-state index contributed by atoms with van der Waals surface area (Å²) in [6, 6.07) is 13.2. The molecular formula is C23H20N6O4. The maximum atomic E-state index is 13.2. The van der Waals surface area contributed by atoms with Crippen LogP contribution in [-0.4, -0.2) is 30.9 Å². The van der Waals surface area contributed by atoms with Gasteiger partial charge in [-0.1, -0.05) is 0 Å². The lowest BCUT2D eigenvalue weighted by molar-refractivity contribution is -0.117. The number of carbonyl (C=O) groups is 2. The standard InChI is InChI=1S/C23H20N6O4/c1-15(30)26-17-4-6-18(7-5-17)27-20(31)14-28-19-3-2-10-25-21(19)22(32)29(23(28)33)13-16-8-11-24-12-9-16/h2-12H,13-14H2,1H3,(H,26,30)(H,27,31). The molecule has 3 heterocycles. The van der Waals surface area contributed by atoms with Gasteiger partial charge in [-0.25, -0.2) is 9.78 Å². The number of aromatic nitrogens is 4. The number of carbonyl (C=O) groups excluding carboxylic acids is 2. The Balaban J connectivity index is 1.65. The predicted molar refractivity (Wildman–Crippen MR) is 123 cm³/mol.